The second kappa shape index (κ2) is 6.92. The topological polar surface area (TPSA) is 77.2 Å². The second-order valence-electron chi connectivity index (χ2n) is 7.88. The number of aliphatic imine (C=N–C) groups is 1. The van der Waals surface area contributed by atoms with Crippen LogP contribution in [0.5, 0.6) is 5.75 Å². The number of halogens is 2. The van der Waals surface area contributed by atoms with Crippen LogP contribution in [0.1, 0.15) is 24.8 Å². The van der Waals surface area contributed by atoms with Crippen molar-refractivity contribution in [2.75, 3.05) is 26.9 Å². The van der Waals surface area contributed by atoms with Gasteiger partial charge in [0.1, 0.15) is 11.3 Å². The van der Waals surface area contributed by atoms with Crippen molar-refractivity contribution in [3.63, 3.8) is 0 Å². The van der Waals surface area contributed by atoms with Gasteiger partial charge in [-0.1, -0.05) is 6.07 Å². The molecular formula is C19H24F2N3O3P. The van der Waals surface area contributed by atoms with Crippen molar-refractivity contribution >= 4 is 26.4 Å². The summed E-state index contributed by atoms with van der Waals surface area (Å²) in [5.74, 6) is -2.44. The zero-order valence-electron chi connectivity index (χ0n) is 15.7. The van der Waals surface area contributed by atoms with Crippen molar-refractivity contribution < 1.29 is 23.0 Å². The van der Waals surface area contributed by atoms with Gasteiger partial charge in [-0.15, -0.1) is 9.24 Å². The molecule has 0 radical (unpaired) electrons. The molecule has 0 bridgehead atoms. The van der Waals surface area contributed by atoms with E-state index in [4.69, 9.17) is 15.2 Å². The van der Waals surface area contributed by atoms with Gasteiger partial charge in [-0.2, -0.15) is 0 Å². The van der Waals surface area contributed by atoms with Crippen molar-refractivity contribution in [3.8, 4) is 5.75 Å². The molecule has 4 rings (SSSR count). The molecule has 28 heavy (non-hydrogen) atoms. The Labute approximate surface area is 164 Å². The van der Waals surface area contributed by atoms with E-state index < -0.39 is 11.5 Å². The molecular weight excluding hydrogens is 387 g/mol. The van der Waals surface area contributed by atoms with Gasteiger partial charge in [0.15, 0.2) is 5.96 Å². The summed E-state index contributed by atoms with van der Waals surface area (Å²) in [5, 5.41) is 0.868. The van der Waals surface area contributed by atoms with Gasteiger partial charge in [-0.25, -0.2) is 13.8 Å². The molecule has 1 amide bonds. The molecule has 1 aromatic rings. The first kappa shape index (κ1) is 19.5. The fourth-order valence-corrected chi connectivity index (χ4v) is 4.70. The highest BCUT2D eigenvalue weighted by atomic mass is 31.0. The fourth-order valence-electron chi connectivity index (χ4n) is 4.27. The largest absolute Gasteiger partial charge is 0.493 e. The van der Waals surface area contributed by atoms with Crippen LogP contribution in [0.2, 0.25) is 0 Å². The number of fused-ring (bicyclic) bond motifs is 1. The molecule has 6 nitrogen and oxygen atoms in total. The number of rotatable bonds is 4. The maximum Gasteiger partial charge on any atom is 0.248 e. The Kier molecular flexibility index (Phi) is 4.82. The summed E-state index contributed by atoms with van der Waals surface area (Å²) in [7, 11) is 4.28. The second-order valence-corrected chi connectivity index (χ2v) is 8.50. The number of nitrogens with two attached hydrogens (primary N) is 1. The van der Waals surface area contributed by atoms with Crippen molar-refractivity contribution in [1.29, 1.82) is 0 Å². The zero-order chi connectivity index (χ0) is 20.1. The predicted octanol–water partition coefficient (Wildman–Crippen LogP) is 1.63. The van der Waals surface area contributed by atoms with E-state index in [2.05, 4.69) is 14.2 Å². The van der Waals surface area contributed by atoms with Gasteiger partial charge in [0.05, 0.1) is 19.1 Å². The van der Waals surface area contributed by atoms with Crippen LogP contribution in [0, 0.1) is 11.8 Å². The van der Waals surface area contributed by atoms with Crippen LogP contribution in [0.4, 0.5) is 8.78 Å². The molecule has 2 N–H and O–H groups in total. The van der Waals surface area contributed by atoms with Crippen LogP contribution in [-0.2, 0) is 15.1 Å². The smallest absolute Gasteiger partial charge is 0.248 e. The van der Waals surface area contributed by atoms with Crippen LogP contribution in [-0.4, -0.2) is 49.6 Å². The van der Waals surface area contributed by atoms with Gasteiger partial charge >= 0.3 is 0 Å². The van der Waals surface area contributed by atoms with Crippen molar-refractivity contribution in [3.05, 3.63) is 23.8 Å². The summed E-state index contributed by atoms with van der Waals surface area (Å²) >= 11 is 0. The summed E-state index contributed by atoms with van der Waals surface area (Å²) in [6.45, 7) is 0.975. The summed E-state index contributed by atoms with van der Waals surface area (Å²) < 4.78 is 37.5. The molecule has 0 spiro atoms. The van der Waals surface area contributed by atoms with Gasteiger partial charge in [0.2, 0.25) is 11.8 Å². The molecule has 2 aliphatic heterocycles. The summed E-state index contributed by atoms with van der Waals surface area (Å²) in [4.78, 5) is 18.9. The van der Waals surface area contributed by atoms with E-state index in [1.165, 1.54) is 4.90 Å². The average molecular weight is 411 g/mol. The number of guanidine groups is 1. The van der Waals surface area contributed by atoms with Crippen LogP contribution in [0.15, 0.2) is 23.2 Å². The normalized spacial score (nSPS) is 29.7. The number of hydrogen-bond donors (Lipinski definition) is 1. The molecule has 3 atom stereocenters. The number of carbonyl (C=O) groups is 1. The van der Waals surface area contributed by atoms with Crippen LogP contribution >= 0.6 is 9.24 Å². The summed E-state index contributed by atoms with van der Waals surface area (Å²) in [6, 6.07) is 5.48. The van der Waals surface area contributed by atoms with Crippen LogP contribution in [0.25, 0.3) is 0 Å². The fraction of sp³-hybridized carbons (Fsp3) is 0.579. The maximum atomic E-state index is 13.0. The predicted molar refractivity (Wildman–Crippen MR) is 104 cm³/mol. The minimum atomic E-state index is -2.56. The molecule has 9 heteroatoms. The molecule has 3 unspecified atom stereocenters. The van der Waals surface area contributed by atoms with Crippen LogP contribution < -0.4 is 15.8 Å². The lowest BCUT2D eigenvalue weighted by atomic mass is 9.74. The first-order chi connectivity index (χ1) is 13.2. The molecule has 0 aromatic heterocycles. The number of ether oxygens (including phenoxy) is 2. The number of amides is 1. The number of alkyl halides is 2. The first-order valence-electron chi connectivity index (χ1n) is 9.33. The molecule has 1 aliphatic carbocycles. The monoisotopic (exact) mass is 411 g/mol. The third-order valence-corrected chi connectivity index (χ3v) is 6.39. The Balaban J connectivity index is 1.64. The Bertz CT molecular complexity index is 827. The number of nitrogens with zero attached hydrogens (tertiary/aromatic N) is 2. The third-order valence-electron chi connectivity index (χ3n) is 5.89. The van der Waals surface area contributed by atoms with Crippen LogP contribution in [0.3, 0.4) is 0 Å². The lowest BCUT2D eigenvalue weighted by Gasteiger charge is -2.45. The number of carbonyl (C=O) groups excluding carboxylic acids is 1. The number of hydrogen-bond acceptors (Lipinski definition) is 5. The van der Waals surface area contributed by atoms with E-state index in [1.54, 1.807) is 13.1 Å². The van der Waals surface area contributed by atoms with E-state index in [0.717, 1.165) is 10.9 Å². The van der Waals surface area contributed by atoms with E-state index in [9.17, 15) is 13.6 Å². The van der Waals surface area contributed by atoms with Gasteiger partial charge in [-0.3, -0.25) is 9.69 Å². The first-order valence-corrected chi connectivity index (χ1v) is 9.91. The minimum Gasteiger partial charge on any atom is -0.493 e. The number of benzene rings is 1. The molecule has 1 saturated carbocycles. The molecule has 2 heterocycles. The maximum absolute atomic E-state index is 13.0. The van der Waals surface area contributed by atoms with Crippen molar-refractivity contribution in [1.82, 2.24) is 4.90 Å². The van der Waals surface area contributed by atoms with E-state index >= 15 is 0 Å². The van der Waals surface area contributed by atoms with Gasteiger partial charge in [0.25, 0.3) is 0 Å². The molecule has 1 aromatic carbocycles. The van der Waals surface area contributed by atoms with E-state index in [1.807, 2.05) is 12.1 Å². The Morgan fingerprint density at radius 3 is 2.89 bits per heavy atom. The molecule has 3 aliphatic rings. The Morgan fingerprint density at radius 2 is 2.18 bits per heavy atom. The van der Waals surface area contributed by atoms with Gasteiger partial charge in [0, 0.05) is 32.4 Å². The Hall–Kier alpha value is -1.79. The highest BCUT2D eigenvalue weighted by Gasteiger charge is 2.52. The van der Waals surface area contributed by atoms with Gasteiger partial charge < -0.3 is 15.2 Å². The quantitative estimate of drug-likeness (QED) is 0.765. The summed E-state index contributed by atoms with van der Waals surface area (Å²) in [5.41, 5.74) is 5.91. The minimum absolute atomic E-state index is 0.0804. The lowest BCUT2D eigenvalue weighted by molar-refractivity contribution is -0.140. The SMILES string of the molecule is CN1C(=O)C2CCOCC2(c2cc(OCC3CC(F)(F)C3)ccc2P)N=C1N. The molecule has 2 fully saturated rings. The van der Waals surface area contributed by atoms with Crippen molar-refractivity contribution in [2.45, 2.75) is 30.7 Å². The van der Waals surface area contributed by atoms with Crippen molar-refractivity contribution in [2.24, 2.45) is 22.6 Å². The Morgan fingerprint density at radius 1 is 1.43 bits per heavy atom. The third kappa shape index (κ3) is 3.26. The highest BCUT2D eigenvalue weighted by molar-refractivity contribution is 7.27. The lowest BCUT2D eigenvalue weighted by Crippen LogP contribution is -2.59. The standard InChI is InChI=1S/C19H24F2N3O3P/c1-24-16(25)13-4-5-26-10-19(13,23-17(24)22)14-6-12(2-3-15(14)28)27-9-11-7-18(20,21)8-11/h2-3,6,11,13H,4-5,7-10,28H2,1H3,(H2,22,23). The van der Waals surface area contributed by atoms with E-state index in [-0.39, 0.29) is 49.8 Å². The average Bonchev–Trinajstić information content (AvgIpc) is 2.63. The zero-order valence-corrected chi connectivity index (χ0v) is 16.8. The molecule has 1 saturated heterocycles. The summed E-state index contributed by atoms with van der Waals surface area (Å²) in [6.07, 6.45) is 0.276. The van der Waals surface area contributed by atoms with Gasteiger partial charge in [-0.05, 0) is 29.4 Å². The molecule has 152 valence electrons. The highest BCUT2D eigenvalue weighted by Crippen LogP contribution is 2.44. The van der Waals surface area contributed by atoms with E-state index in [0.29, 0.717) is 18.8 Å².